The van der Waals surface area contributed by atoms with Crippen LogP contribution >= 0.6 is 0 Å². The van der Waals surface area contributed by atoms with Gasteiger partial charge in [0.1, 0.15) is 17.3 Å². The fourth-order valence-corrected chi connectivity index (χ4v) is 3.08. The average Bonchev–Trinajstić information content (AvgIpc) is 2.93. The first-order chi connectivity index (χ1) is 10.5. The molecule has 1 aliphatic rings. The van der Waals surface area contributed by atoms with Crippen molar-refractivity contribution in [3.8, 4) is 0 Å². The lowest BCUT2D eigenvalue weighted by atomic mass is 9.99. The van der Waals surface area contributed by atoms with E-state index in [2.05, 4.69) is 19.5 Å². The molecule has 0 aliphatic carbocycles. The summed E-state index contributed by atoms with van der Waals surface area (Å²) in [5, 5.41) is 0. The standard InChI is InChI=1S/C16H21N5O/c1-11-8-14(19-12(2)18-11)16(22)20(3)9-13-4-5-15-17-6-7-21(15)10-13/h6-8,13H,4-5,9-10H2,1-3H3. The van der Waals surface area contributed by atoms with Gasteiger partial charge in [0.15, 0.2) is 0 Å². The highest BCUT2D eigenvalue weighted by Gasteiger charge is 2.23. The van der Waals surface area contributed by atoms with Crippen LogP contribution < -0.4 is 0 Å². The quantitative estimate of drug-likeness (QED) is 0.864. The molecule has 0 radical (unpaired) electrons. The predicted octanol–water partition coefficient (Wildman–Crippen LogP) is 1.62. The molecule has 0 bridgehead atoms. The first-order valence-corrected chi connectivity index (χ1v) is 7.60. The van der Waals surface area contributed by atoms with Gasteiger partial charge >= 0.3 is 0 Å². The van der Waals surface area contributed by atoms with Crippen LogP contribution in [0.5, 0.6) is 0 Å². The fraction of sp³-hybridized carbons (Fsp3) is 0.500. The molecule has 0 saturated carbocycles. The van der Waals surface area contributed by atoms with Crippen molar-refractivity contribution in [3.63, 3.8) is 0 Å². The minimum absolute atomic E-state index is 0.0370. The second-order valence-electron chi connectivity index (χ2n) is 6.03. The van der Waals surface area contributed by atoms with Gasteiger partial charge < -0.3 is 9.47 Å². The second kappa shape index (κ2) is 5.87. The molecule has 0 N–H and O–H groups in total. The van der Waals surface area contributed by atoms with Crippen LogP contribution in [-0.2, 0) is 13.0 Å². The molecule has 2 aromatic rings. The van der Waals surface area contributed by atoms with Crippen molar-refractivity contribution in [2.24, 2.45) is 5.92 Å². The van der Waals surface area contributed by atoms with E-state index in [0.717, 1.165) is 37.4 Å². The Kier molecular flexibility index (Phi) is 3.92. The zero-order valence-electron chi connectivity index (χ0n) is 13.3. The molecule has 0 aromatic carbocycles. The molecule has 2 aromatic heterocycles. The third-order valence-electron chi connectivity index (χ3n) is 4.10. The van der Waals surface area contributed by atoms with Crippen LogP contribution in [0, 0.1) is 19.8 Å². The number of nitrogens with zero attached hydrogens (tertiary/aromatic N) is 5. The minimum atomic E-state index is -0.0370. The maximum absolute atomic E-state index is 12.5. The van der Waals surface area contributed by atoms with E-state index in [1.54, 1.807) is 11.0 Å². The number of amides is 1. The number of aromatic nitrogens is 4. The Morgan fingerprint density at radius 1 is 1.41 bits per heavy atom. The molecule has 0 fully saturated rings. The summed E-state index contributed by atoms with van der Waals surface area (Å²) in [7, 11) is 1.85. The van der Waals surface area contributed by atoms with Crippen molar-refractivity contribution in [1.82, 2.24) is 24.4 Å². The van der Waals surface area contributed by atoms with Crippen LogP contribution in [0.2, 0.25) is 0 Å². The number of carbonyl (C=O) groups is 1. The summed E-state index contributed by atoms with van der Waals surface area (Å²) < 4.78 is 2.19. The van der Waals surface area contributed by atoms with Crippen molar-refractivity contribution in [2.75, 3.05) is 13.6 Å². The predicted molar refractivity (Wildman–Crippen MR) is 82.5 cm³/mol. The Bertz CT molecular complexity index is 673. The number of aryl methyl sites for hydroxylation is 3. The van der Waals surface area contributed by atoms with Gasteiger partial charge in [0, 0.05) is 44.6 Å². The number of rotatable bonds is 3. The number of hydrogen-bond acceptors (Lipinski definition) is 4. The van der Waals surface area contributed by atoms with Crippen LogP contribution in [0.1, 0.15) is 34.3 Å². The maximum atomic E-state index is 12.5. The van der Waals surface area contributed by atoms with Gasteiger partial charge in [0.2, 0.25) is 0 Å². The zero-order chi connectivity index (χ0) is 15.7. The van der Waals surface area contributed by atoms with E-state index < -0.39 is 0 Å². The van der Waals surface area contributed by atoms with E-state index >= 15 is 0 Å². The number of carbonyl (C=O) groups excluding carboxylic acids is 1. The molecule has 0 saturated heterocycles. The highest BCUT2D eigenvalue weighted by atomic mass is 16.2. The van der Waals surface area contributed by atoms with Gasteiger partial charge in [0.25, 0.3) is 5.91 Å². The summed E-state index contributed by atoms with van der Waals surface area (Å²) >= 11 is 0. The Balaban J connectivity index is 1.67. The molecule has 3 rings (SSSR count). The first kappa shape index (κ1) is 14.7. The molecule has 6 nitrogen and oxygen atoms in total. The van der Waals surface area contributed by atoms with Crippen LogP contribution in [0.25, 0.3) is 0 Å². The number of fused-ring (bicyclic) bond motifs is 1. The Labute approximate surface area is 130 Å². The molecule has 22 heavy (non-hydrogen) atoms. The van der Waals surface area contributed by atoms with Crippen molar-refractivity contribution < 1.29 is 4.79 Å². The van der Waals surface area contributed by atoms with Crippen molar-refractivity contribution in [2.45, 2.75) is 33.2 Å². The highest BCUT2D eigenvalue weighted by Crippen LogP contribution is 2.20. The summed E-state index contributed by atoms with van der Waals surface area (Å²) in [5.41, 5.74) is 1.30. The molecule has 1 aliphatic heterocycles. The van der Waals surface area contributed by atoms with Crippen LogP contribution in [-0.4, -0.2) is 43.9 Å². The van der Waals surface area contributed by atoms with Gasteiger partial charge in [-0.25, -0.2) is 15.0 Å². The van der Waals surface area contributed by atoms with Crippen LogP contribution in [0.15, 0.2) is 18.5 Å². The number of hydrogen-bond donors (Lipinski definition) is 0. The van der Waals surface area contributed by atoms with Gasteiger partial charge in [-0.05, 0) is 32.3 Å². The largest absolute Gasteiger partial charge is 0.340 e. The van der Waals surface area contributed by atoms with Gasteiger partial charge in [-0.1, -0.05) is 0 Å². The third-order valence-corrected chi connectivity index (χ3v) is 4.10. The summed E-state index contributed by atoms with van der Waals surface area (Å²) in [4.78, 5) is 27.1. The molecular weight excluding hydrogens is 278 g/mol. The molecule has 1 atom stereocenters. The van der Waals surface area contributed by atoms with Gasteiger partial charge in [-0.15, -0.1) is 0 Å². The Morgan fingerprint density at radius 2 is 2.23 bits per heavy atom. The molecular formula is C16H21N5O. The summed E-state index contributed by atoms with van der Waals surface area (Å²) in [6.45, 7) is 5.35. The van der Waals surface area contributed by atoms with Crippen molar-refractivity contribution >= 4 is 5.91 Å². The van der Waals surface area contributed by atoms with Crippen molar-refractivity contribution in [1.29, 1.82) is 0 Å². The third kappa shape index (κ3) is 3.00. The monoisotopic (exact) mass is 299 g/mol. The second-order valence-corrected chi connectivity index (χ2v) is 6.03. The van der Waals surface area contributed by atoms with E-state index in [9.17, 15) is 4.79 Å². The average molecular weight is 299 g/mol. The van der Waals surface area contributed by atoms with E-state index in [0.29, 0.717) is 17.4 Å². The molecule has 6 heteroatoms. The Hall–Kier alpha value is -2.24. The lowest BCUT2D eigenvalue weighted by molar-refractivity contribution is 0.0754. The van der Waals surface area contributed by atoms with Crippen molar-refractivity contribution in [3.05, 3.63) is 41.5 Å². The first-order valence-electron chi connectivity index (χ1n) is 7.60. The minimum Gasteiger partial charge on any atom is -0.340 e. The zero-order valence-corrected chi connectivity index (χ0v) is 13.3. The van der Waals surface area contributed by atoms with E-state index in [1.807, 2.05) is 33.3 Å². The van der Waals surface area contributed by atoms with E-state index in [1.165, 1.54) is 0 Å². The van der Waals surface area contributed by atoms with Gasteiger partial charge in [-0.2, -0.15) is 0 Å². The normalized spacial score (nSPS) is 17.1. The van der Waals surface area contributed by atoms with Gasteiger partial charge in [-0.3, -0.25) is 4.79 Å². The molecule has 0 spiro atoms. The summed E-state index contributed by atoms with van der Waals surface area (Å²) in [6.07, 6.45) is 5.90. The SMILES string of the molecule is Cc1cc(C(=O)N(C)CC2CCc3nccn3C2)nc(C)n1. The molecule has 116 valence electrons. The molecule has 1 amide bonds. The topological polar surface area (TPSA) is 63.9 Å². The van der Waals surface area contributed by atoms with Gasteiger partial charge in [0.05, 0.1) is 0 Å². The fourth-order valence-electron chi connectivity index (χ4n) is 3.08. The van der Waals surface area contributed by atoms with E-state index in [-0.39, 0.29) is 5.91 Å². The highest BCUT2D eigenvalue weighted by molar-refractivity contribution is 5.92. The lowest BCUT2D eigenvalue weighted by Gasteiger charge is -2.28. The lowest BCUT2D eigenvalue weighted by Crippen LogP contribution is -2.36. The molecule has 1 unspecified atom stereocenters. The molecule has 3 heterocycles. The van der Waals surface area contributed by atoms with Crippen LogP contribution in [0.3, 0.4) is 0 Å². The smallest absolute Gasteiger partial charge is 0.272 e. The Morgan fingerprint density at radius 3 is 3.00 bits per heavy atom. The maximum Gasteiger partial charge on any atom is 0.272 e. The summed E-state index contributed by atoms with van der Waals surface area (Å²) in [6, 6.07) is 1.75. The van der Waals surface area contributed by atoms with Crippen LogP contribution in [0.4, 0.5) is 0 Å². The number of imidazole rings is 1. The van der Waals surface area contributed by atoms with E-state index in [4.69, 9.17) is 0 Å². The summed E-state index contributed by atoms with van der Waals surface area (Å²) in [5.74, 6) is 2.20.